The molecule has 3 rings (SSSR count). The lowest BCUT2D eigenvalue weighted by atomic mass is 10.3. The van der Waals surface area contributed by atoms with Gasteiger partial charge in [0, 0.05) is 12.7 Å². The summed E-state index contributed by atoms with van der Waals surface area (Å²) < 4.78 is 1.97. The van der Waals surface area contributed by atoms with Crippen LogP contribution in [0.25, 0.3) is 11.2 Å². The number of aryl methyl sites for hydroxylation is 3. The highest BCUT2D eigenvalue weighted by atomic mass is 32.4. The maximum atomic E-state index is 5.58. The minimum atomic E-state index is -1.41. The topological polar surface area (TPSA) is 55.6 Å². The second-order valence-electron chi connectivity index (χ2n) is 6.03. The number of imidazole rings is 1. The summed E-state index contributed by atoms with van der Waals surface area (Å²) in [7, 11) is 1.96. The number of rotatable bonds is 3. The van der Waals surface area contributed by atoms with E-state index >= 15 is 0 Å². The third-order valence-electron chi connectivity index (χ3n) is 3.81. The molecule has 0 aliphatic heterocycles. The number of aromatic nitrogens is 4. The van der Waals surface area contributed by atoms with Crippen LogP contribution in [0.4, 0.5) is 11.5 Å². The lowest BCUT2D eigenvalue weighted by molar-refractivity contribution is 0.869. The van der Waals surface area contributed by atoms with Gasteiger partial charge < -0.3 is 9.88 Å². The Labute approximate surface area is 141 Å². The zero-order valence-corrected chi connectivity index (χ0v) is 15.7. The predicted octanol–water partition coefficient (Wildman–Crippen LogP) is 3.09. The molecule has 0 bridgehead atoms. The van der Waals surface area contributed by atoms with Gasteiger partial charge in [-0.25, -0.2) is 15.0 Å². The number of nitrogens with one attached hydrogen (secondary N) is 1. The first-order valence-electron chi connectivity index (χ1n) is 7.36. The number of anilines is 2. The van der Waals surface area contributed by atoms with Crippen molar-refractivity contribution in [1.82, 2.24) is 19.5 Å². The fraction of sp³-hybridized carbons (Fsp3) is 0.312. The van der Waals surface area contributed by atoms with Crippen molar-refractivity contribution in [3.8, 4) is 0 Å². The molecule has 120 valence electrons. The van der Waals surface area contributed by atoms with Gasteiger partial charge in [-0.1, -0.05) is 23.9 Å². The van der Waals surface area contributed by atoms with Crippen molar-refractivity contribution in [3.63, 3.8) is 0 Å². The van der Waals surface area contributed by atoms with E-state index in [0.29, 0.717) is 0 Å². The van der Waals surface area contributed by atoms with Crippen molar-refractivity contribution in [1.29, 1.82) is 0 Å². The Bertz CT molecular complexity index is 924. The van der Waals surface area contributed by atoms with Gasteiger partial charge in [0.25, 0.3) is 0 Å². The predicted molar refractivity (Wildman–Crippen MR) is 101 cm³/mol. The summed E-state index contributed by atoms with van der Waals surface area (Å²) in [5.74, 6) is 2.37. The van der Waals surface area contributed by atoms with E-state index in [4.69, 9.17) is 11.8 Å². The molecule has 5 nitrogen and oxygen atoms in total. The molecule has 0 aliphatic carbocycles. The van der Waals surface area contributed by atoms with E-state index in [2.05, 4.69) is 45.7 Å². The van der Waals surface area contributed by atoms with Gasteiger partial charge in [0.2, 0.25) is 0 Å². The second kappa shape index (κ2) is 5.69. The van der Waals surface area contributed by atoms with Crippen LogP contribution in [-0.2, 0) is 18.9 Å². The molecule has 2 aromatic heterocycles. The highest BCUT2D eigenvalue weighted by Gasteiger charge is 2.13. The highest BCUT2D eigenvalue weighted by molar-refractivity contribution is 8.17. The third-order valence-corrected chi connectivity index (χ3v) is 5.98. The van der Waals surface area contributed by atoms with Crippen LogP contribution in [0, 0.1) is 13.8 Å². The highest BCUT2D eigenvalue weighted by Crippen LogP contribution is 2.35. The van der Waals surface area contributed by atoms with Gasteiger partial charge in [-0.2, -0.15) is 0 Å². The van der Waals surface area contributed by atoms with Crippen LogP contribution in [0.5, 0.6) is 0 Å². The molecule has 1 N–H and O–H groups in total. The van der Waals surface area contributed by atoms with E-state index in [1.165, 1.54) is 5.30 Å². The smallest absolute Gasteiger partial charge is 0.165 e. The number of hydrogen-bond acceptors (Lipinski definition) is 5. The standard InChI is InChI=1S/C16H20N5PS/c1-10-17-15(14-16(18-10)21(3)11(2)19-14)20-12-6-8-13(9-7-12)22(4,5)23/h6-9H,1-5H3,(H,17,18,20). The van der Waals surface area contributed by atoms with Crippen LogP contribution in [0.1, 0.15) is 11.6 Å². The van der Waals surface area contributed by atoms with Gasteiger partial charge >= 0.3 is 0 Å². The van der Waals surface area contributed by atoms with Gasteiger partial charge in [0.1, 0.15) is 11.6 Å². The normalized spacial score (nSPS) is 11.9. The number of fused-ring (bicyclic) bond motifs is 1. The van der Waals surface area contributed by atoms with E-state index in [0.717, 1.165) is 34.3 Å². The van der Waals surface area contributed by atoms with Gasteiger partial charge in [0.05, 0.1) is 0 Å². The average molecular weight is 345 g/mol. The molecular weight excluding hydrogens is 325 g/mol. The second-order valence-corrected chi connectivity index (χ2v) is 12.0. The Kier molecular flexibility index (Phi) is 3.98. The molecule has 3 aromatic rings. The molecule has 1 aromatic carbocycles. The fourth-order valence-corrected chi connectivity index (χ4v) is 3.64. The minimum absolute atomic E-state index is 0.720. The van der Waals surface area contributed by atoms with E-state index in [1.807, 2.05) is 37.6 Å². The third kappa shape index (κ3) is 3.14. The monoisotopic (exact) mass is 345 g/mol. The minimum Gasteiger partial charge on any atom is -0.338 e. The maximum absolute atomic E-state index is 5.58. The summed E-state index contributed by atoms with van der Waals surface area (Å²) >= 11 is 5.58. The summed E-state index contributed by atoms with van der Waals surface area (Å²) in [4.78, 5) is 13.6. The van der Waals surface area contributed by atoms with E-state index < -0.39 is 6.04 Å². The quantitative estimate of drug-likeness (QED) is 0.739. The largest absolute Gasteiger partial charge is 0.338 e. The lowest BCUT2D eigenvalue weighted by Crippen LogP contribution is -2.04. The first-order valence-corrected chi connectivity index (χ1v) is 11.1. The zero-order valence-electron chi connectivity index (χ0n) is 14.0. The molecule has 0 spiro atoms. The Morgan fingerprint density at radius 2 is 1.70 bits per heavy atom. The van der Waals surface area contributed by atoms with Crippen LogP contribution in [0.3, 0.4) is 0 Å². The molecule has 7 heteroatoms. The van der Waals surface area contributed by atoms with E-state index in [-0.39, 0.29) is 0 Å². The van der Waals surface area contributed by atoms with Gasteiger partial charge in [-0.05, 0) is 50.7 Å². The molecule has 0 radical (unpaired) electrons. The molecule has 0 unspecified atom stereocenters. The maximum Gasteiger partial charge on any atom is 0.165 e. The molecule has 2 heterocycles. The molecule has 0 amide bonds. The van der Waals surface area contributed by atoms with Crippen molar-refractivity contribution in [2.45, 2.75) is 13.8 Å². The number of hydrogen-bond donors (Lipinski definition) is 1. The summed E-state index contributed by atoms with van der Waals surface area (Å²) in [5, 5.41) is 4.59. The first-order chi connectivity index (χ1) is 10.8. The van der Waals surface area contributed by atoms with Crippen molar-refractivity contribution in [2.24, 2.45) is 7.05 Å². The summed E-state index contributed by atoms with van der Waals surface area (Å²) in [6.45, 7) is 8.13. The number of benzene rings is 1. The van der Waals surface area contributed by atoms with Crippen LogP contribution < -0.4 is 10.6 Å². The SMILES string of the molecule is Cc1nc(Nc2ccc(P(C)(C)=S)cc2)c2nc(C)n(C)c2n1. The van der Waals surface area contributed by atoms with Crippen molar-refractivity contribution < 1.29 is 0 Å². The number of nitrogens with zero attached hydrogens (tertiary/aromatic N) is 4. The summed E-state index contributed by atoms with van der Waals surface area (Å²) in [6.07, 6.45) is 0. The lowest BCUT2D eigenvalue weighted by Gasteiger charge is -2.12. The first kappa shape index (κ1) is 16.1. The Morgan fingerprint density at radius 1 is 1.04 bits per heavy atom. The van der Waals surface area contributed by atoms with E-state index in [9.17, 15) is 0 Å². The molecule has 23 heavy (non-hydrogen) atoms. The fourth-order valence-electron chi connectivity index (χ4n) is 2.41. The van der Waals surface area contributed by atoms with Crippen LogP contribution in [0.2, 0.25) is 0 Å². The molecule has 0 aliphatic rings. The zero-order chi connectivity index (χ0) is 16.8. The summed E-state index contributed by atoms with van der Waals surface area (Å²) in [6, 6.07) is 6.87. The van der Waals surface area contributed by atoms with Gasteiger partial charge in [-0.15, -0.1) is 0 Å². The Hall–Kier alpha value is -1.78. The van der Waals surface area contributed by atoms with Gasteiger partial charge in [0.15, 0.2) is 17.0 Å². The Balaban J connectivity index is 2.01. The summed E-state index contributed by atoms with van der Waals surface area (Å²) in [5.41, 5.74) is 2.60. The van der Waals surface area contributed by atoms with Crippen molar-refractivity contribution in [3.05, 3.63) is 35.9 Å². The molecule has 0 atom stereocenters. The van der Waals surface area contributed by atoms with Crippen LogP contribution in [-0.4, -0.2) is 32.8 Å². The van der Waals surface area contributed by atoms with Crippen LogP contribution in [0.15, 0.2) is 24.3 Å². The molecule has 0 saturated heterocycles. The molecule has 0 saturated carbocycles. The van der Waals surface area contributed by atoms with Crippen molar-refractivity contribution >= 4 is 45.8 Å². The molecule has 0 fully saturated rings. The van der Waals surface area contributed by atoms with Gasteiger partial charge in [-0.3, -0.25) is 0 Å². The van der Waals surface area contributed by atoms with Crippen LogP contribution >= 0.6 is 6.04 Å². The molecular formula is C16H20N5PS. The average Bonchev–Trinajstić information content (AvgIpc) is 2.75. The van der Waals surface area contributed by atoms with E-state index in [1.54, 1.807) is 0 Å². The Morgan fingerprint density at radius 3 is 2.30 bits per heavy atom. The van der Waals surface area contributed by atoms with Crippen molar-refractivity contribution in [2.75, 3.05) is 18.6 Å².